The Labute approximate surface area is 118 Å². The normalized spacial score (nSPS) is 26.9. The van der Waals surface area contributed by atoms with Crippen LogP contribution in [0.25, 0.3) is 0 Å². The SMILES string of the molecule is CCC1CCCCN1C(=O)C1CCN(C(C)C)CC1. The van der Waals surface area contributed by atoms with Gasteiger partial charge in [0.1, 0.15) is 0 Å². The van der Waals surface area contributed by atoms with E-state index in [0.29, 0.717) is 23.9 Å². The van der Waals surface area contributed by atoms with Gasteiger partial charge in [-0.15, -0.1) is 0 Å². The van der Waals surface area contributed by atoms with Crippen molar-refractivity contribution in [2.75, 3.05) is 19.6 Å². The molecule has 0 aromatic carbocycles. The molecule has 0 aromatic rings. The van der Waals surface area contributed by atoms with Crippen LogP contribution in [-0.4, -0.2) is 47.4 Å². The van der Waals surface area contributed by atoms with E-state index in [2.05, 4.69) is 30.6 Å². The predicted octanol–water partition coefficient (Wildman–Crippen LogP) is 2.90. The Kier molecular flexibility index (Phi) is 5.26. The fraction of sp³-hybridized carbons (Fsp3) is 0.938. The molecule has 2 aliphatic heterocycles. The van der Waals surface area contributed by atoms with Gasteiger partial charge < -0.3 is 9.80 Å². The van der Waals surface area contributed by atoms with E-state index >= 15 is 0 Å². The van der Waals surface area contributed by atoms with Crippen molar-refractivity contribution >= 4 is 5.91 Å². The van der Waals surface area contributed by atoms with Crippen molar-refractivity contribution in [2.24, 2.45) is 5.92 Å². The Morgan fingerprint density at radius 2 is 1.79 bits per heavy atom. The van der Waals surface area contributed by atoms with Crippen molar-refractivity contribution in [2.45, 2.75) is 71.4 Å². The fourth-order valence-electron chi connectivity index (χ4n) is 3.61. The molecule has 0 spiro atoms. The Morgan fingerprint density at radius 3 is 2.37 bits per heavy atom. The summed E-state index contributed by atoms with van der Waals surface area (Å²) < 4.78 is 0. The van der Waals surface area contributed by atoms with Crippen LogP contribution in [0.4, 0.5) is 0 Å². The average Bonchev–Trinajstić information content (AvgIpc) is 2.46. The van der Waals surface area contributed by atoms with E-state index in [1.807, 2.05) is 0 Å². The van der Waals surface area contributed by atoms with Gasteiger partial charge in [0.2, 0.25) is 5.91 Å². The highest BCUT2D eigenvalue weighted by atomic mass is 16.2. The molecular weight excluding hydrogens is 236 g/mol. The summed E-state index contributed by atoms with van der Waals surface area (Å²) in [5.41, 5.74) is 0. The maximum absolute atomic E-state index is 12.7. The third-order valence-corrected chi connectivity index (χ3v) is 4.99. The van der Waals surface area contributed by atoms with Crippen LogP contribution < -0.4 is 0 Å². The van der Waals surface area contributed by atoms with Gasteiger partial charge in [-0.3, -0.25) is 4.79 Å². The zero-order chi connectivity index (χ0) is 13.8. The number of hydrogen-bond donors (Lipinski definition) is 0. The lowest BCUT2D eigenvalue weighted by atomic mass is 9.91. The van der Waals surface area contributed by atoms with Crippen molar-refractivity contribution in [3.05, 3.63) is 0 Å². The van der Waals surface area contributed by atoms with Gasteiger partial charge in [-0.1, -0.05) is 6.92 Å². The zero-order valence-corrected chi connectivity index (χ0v) is 12.9. The van der Waals surface area contributed by atoms with Gasteiger partial charge in [-0.25, -0.2) is 0 Å². The molecule has 2 rings (SSSR count). The Hall–Kier alpha value is -0.570. The van der Waals surface area contributed by atoms with Crippen LogP contribution in [0.15, 0.2) is 0 Å². The Morgan fingerprint density at radius 1 is 1.11 bits per heavy atom. The third kappa shape index (κ3) is 3.50. The van der Waals surface area contributed by atoms with E-state index in [0.717, 1.165) is 38.9 Å². The molecule has 3 heteroatoms. The van der Waals surface area contributed by atoms with E-state index in [1.54, 1.807) is 0 Å². The zero-order valence-electron chi connectivity index (χ0n) is 12.9. The molecule has 2 saturated heterocycles. The molecule has 1 unspecified atom stereocenters. The molecule has 0 saturated carbocycles. The third-order valence-electron chi connectivity index (χ3n) is 4.99. The number of nitrogens with zero attached hydrogens (tertiary/aromatic N) is 2. The van der Waals surface area contributed by atoms with Crippen LogP contribution in [0.5, 0.6) is 0 Å². The quantitative estimate of drug-likeness (QED) is 0.784. The van der Waals surface area contributed by atoms with Crippen LogP contribution in [0.1, 0.15) is 59.3 Å². The first-order chi connectivity index (χ1) is 9.13. The van der Waals surface area contributed by atoms with Gasteiger partial charge in [0.15, 0.2) is 0 Å². The lowest BCUT2D eigenvalue weighted by molar-refractivity contribution is -0.141. The van der Waals surface area contributed by atoms with Crippen molar-refractivity contribution in [1.29, 1.82) is 0 Å². The fourth-order valence-corrected chi connectivity index (χ4v) is 3.61. The van der Waals surface area contributed by atoms with Crippen LogP contribution in [0.2, 0.25) is 0 Å². The molecule has 19 heavy (non-hydrogen) atoms. The molecule has 0 N–H and O–H groups in total. The first kappa shape index (κ1) is 14.8. The molecule has 0 radical (unpaired) electrons. The van der Waals surface area contributed by atoms with Crippen LogP contribution in [0.3, 0.4) is 0 Å². The molecule has 1 atom stereocenters. The topological polar surface area (TPSA) is 23.6 Å². The largest absolute Gasteiger partial charge is 0.339 e. The van der Waals surface area contributed by atoms with Crippen molar-refractivity contribution in [1.82, 2.24) is 9.80 Å². The molecule has 3 nitrogen and oxygen atoms in total. The van der Waals surface area contributed by atoms with Gasteiger partial charge in [0.25, 0.3) is 0 Å². The molecule has 1 amide bonds. The standard InChI is InChI=1S/C16H30N2O/c1-4-15-7-5-6-10-18(15)16(19)14-8-11-17(12-9-14)13(2)3/h13-15H,4-12H2,1-3H3. The summed E-state index contributed by atoms with van der Waals surface area (Å²) >= 11 is 0. The van der Waals surface area contributed by atoms with E-state index in [1.165, 1.54) is 19.3 Å². The second kappa shape index (κ2) is 6.74. The lowest BCUT2D eigenvalue weighted by Crippen LogP contribution is -2.49. The first-order valence-corrected chi connectivity index (χ1v) is 8.18. The number of carbonyl (C=O) groups excluding carboxylic acids is 1. The monoisotopic (exact) mass is 266 g/mol. The van der Waals surface area contributed by atoms with Crippen molar-refractivity contribution < 1.29 is 4.79 Å². The number of piperidine rings is 2. The second-order valence-electron chi connectivity index (χ2n) is 6.49. The predicted molar refractivity (Wildman–Crippen MR) is 79.1 cm³/mol. The summed E-state index contributed by atoms with van der Waals surface area (Å²) in [6.45, 7) is 9.91. The van der Waals surface area contributed by atoms with Crippen molar-refractivity contribution in [3.63, 3.8) is 0 Å². The average molecular weight is 266 g/mol. The summed E-state index contributed by atoms with van der Waals surface area (Å²) in [5, 5.41) is 0. The van der Waals surface area contributed by atoms with Crippen LogP contribution >= 0.6 is 0 Å². The van der Waals surface area contributed by atoms with Crippen molar-refractivity contribution in [3.8, 4) is 0 Å². The second-order valence-corrected chi connectivity index (χ2v) is 6.49. The van der Waals surface area contributed by atoms with Crippen LogP contribution in [-0.2, 0) is 4.79 Å². The smallest absolute Gasteiger partial charge is 0.226 e. The molecule has 0 aromatic heterocycles. The summed E-state index contributed by atoms with van der Waals surface area (Å²) in [6, 6.07) is 1.14. The van der Waals surface area contributed by atoms with Gasteiger partial charge in [-0.2, -0.15) is 0 Å². The number of likely N-dealkylation sites (tertiary alicyclic amines) is 2. The highest BCUT2D eigenvalue weighted by Crippen LogP contribution is 2.26. The number of carbonyl (C=O) groups is 1. The molecule has 2 aliphatic rings. The highest BCUT2D eigenvalue weighted by Gasteiger charge is 2.32. The summed E-state index contributed by atoms with van der Waals surface area (Å²) in [7, 11) is 0. The molecule has 0 bridgehead atoms. The maximum Gasteiger partial charge on any atom is 0.226 e. The van der Waals surface area contributed by atoms with Gasteiger partial charge in [-0.05, 0) is 65.5 Å². The number of hydrogen-bond acceptors (Lipinski definition) is 2. The van der Waals surface area contributed by atoms with E-state index < -0.39 is 0 Å². The molecule has 2 heterocycles. The summed E-state index contributed by atoms with van der Waals surface area (Å²) in [5.74, 6) is 0.747. The molecule has 2 fully saturated rings. The minimum Gasteiger partial charge on any atom is -0.339 e. The Bertz CT molecular complexity index is 295. The number of amides is 1. The summed E-state index contributed by atoms with van der Waals surface area (Å²) in [4.78, 5) is 17.4. The first-order valence-electron chi connectivity index (χ1n) is 8.18. The lowest BCUT2D eigenvalue weighted by Gasteiger charge is -2.40. The van der Waals surface area contributed by atoms with Gasteiger partial charge in [0, 0.05) is 24.5 Å². The molecular formula is C16H30N2O. The molecule has 0 aliphatic carbocycles. The maximum atomic E-state index is 12.7. The van der Waals surface area contributed by atoms with E-state index in [9.17, 15) is 4.79 Å². The molecule has 110 valence electrons. The van der Waals surface area contributed by atoms with E-state index in [4.69, 9.17) is 0 Å². The van der Waals surface area contributed by atoms with Crippen LogP contribution in [0, 0.1) is 5.92 Å². The van der Waals surface area contributed by atoms with Gasteiger partial charge >= 0.3 is 0 Å². The number of rotatable bonds is 3. The van der Waals surface area contributed by atoms with Gasteiger partial charge in [0.05, 0.1) is 0 Å². The summed E-state index contributed by atoms with van der Waals surface area (Å²) in [6.07, 6.45) is 6.96. The Balaban J connectivity index is 1.89. The highest BCUT2D eigenvalue weighted by molar-refractivity contribution is 5.79. The van der Waals surface area contributed by atoms with E-state index in [-0.39, 0.29) is 0 Å². The minimum atomic E-state index is 0.294. The minimum absolute atomic E-state index is 0.294.